The minimum atomic E-state index is -0.739. The second-order valence-electron chi connectivity index (χ2n) is 5.66. The molecule has 0 spiro atoms. The van der Waals surface area contributed by atoms with Gasteiger partial charge in [-0.2, -0.15) is 0 Å². The zero-order valence-electron chi connectivity index (χ0n) is 13.8. The Hall–Kier alpha value is -1.13. The van der Waals surface area contributed by atoms with Gasteiger partial charge >= 0.3 is 5.97 Å². The molecule has 0 aliphatic carbocycles. The Balaban J connectivity index is 3.55. The minimum absolute atomic E-state index is 0.237. The number of aliphatic hydroxyl groups excluding tert-OH is 2. The Bertz CT molecular complexity index is 323. The Morgan fingerprint density at radius 1 is 0.909 bits per heavy atom. The van der Waals surface area contributed by atoms with E-state index in [4.69, 9.17) is 5.11 Å². The number of hydrogen-bond donors (Lipinski definition) is 3. The number of aliphatic hydroxyl groups is 2. The molecule has 0 aromatic carbocycles. The second-order valence-corrected chi connectivity index (χ2v) is 5.66. The molecule has 128 valence electrons. The number of carbonyl (C=O) groups is 1. The third kappa shape index (κ3) is 13.8. The van der Waals surface area contributed by atoms with Crippen LogP contribution in [0.2, 0.25) is 0 Å². The maximum Gasteiger partial charge on any atom is 0.303 e. The van der Waals surface area contributed by atoms with E-state index in [9.17, 15) is 15.0 Å². The highest BCUT2D eigenvalue weighted by atomic mass is 16.4. The summed E-state index contributed by atoms with van der Waals surface area (Å²) in [6, 6.07) is 0. The Kier molecular flexibility index (Phi) is 14.0. The molecule has 0 unspecified atom stereocenters. The number of aliphatic carboxylic acids is 1. The molecule has 0 saturated heterocycles. The van der Waals surface area contributed by atoms with Gasteiger partial charge in [-0.3, -0.25) is 4.79 Å². The number of unbranched alkanes of at least 4 members (excludes halogenated alkanes) is 4. The fourth-order valence-electron chi connectivity index (χ4n) is 2.18. The lowest BCUT2D eigenvalue weighted by atomic mass is 10.0. The molecule has 0 radical (unpaired) electrons. The number of allylic oxidation sites excluding steroid dienone is 3. The van der Waals surface area contributed by atoms with Gasteiger partial charge in [-0.15, -0.1) is 0 Å². The molecular formula is C18H32O4. The lowest BCUT2D eigenvalue weighted by molar-refractivity contribution is -0.137. The SMILES string of the molecule is CC/C=C\C/C=C\C[C@@H](O)[C@@H](O)CCCCCCCC(=O)O. The predicted molar refractivity (Wildman–Crippen MR) is 89.8 cm³/mol. The van der Waals surface area contributed by atoms with E-state index in [1.165, 1.54) is 0 Å². The van der Waals surface area contributed by atoms with E-state index in [0.29, 0.717) is 12.8 Å². The summed E-state index contributed by atoms with van der Waals surface area (Å²) in [4.78, 5) is 10.3. The van der Waals surface area contributed by atoms with Gasteiger partial charge in [-0.05, 0) is 32.1 Å². The van der Waals surface area contributed by atoms with Gasteiger partial charge in [0, 0.05) is 6.42 Å². The van der Waals surface area contributed by atoms with Gasteiger partial charge in [-0.25, -0.2) is 0 Å². The summed E-state index contributed by atoms with van der Waals surface area (Å²) in [6.07, 6.45) is 14.4. The van der Waals surface area contributed by atoms with Crippen molar-refractivity contribution in [3.8, 4) is 0 Å². The quantitative estimate of drug-likeness (QED) is 0.336. The number of hydrogen-bond acceptors (Lipinski definition) is 3. The van der Waals surface area contributed by atoms with Crippen LogP contribution in [0.4, 0.5) is 0 Å². The smallest absolute Gasteiger partial charge is 0.303 e. The van der Waals surface area contributed by atoms with E-state index >= 15 is 0 Å². The molecule has 2 atom stereocenters. The first-order valence-corrected chi connectivity index (χ1v) is 8.45. The third-order valence-corrected chi connectivity index (χ3v) is 3.55. The van der Waals surface area contributed by atoms with Gasteiger partial charge in [0.15, 0.2) is 0 Å². The monoisotopic (exact) mass is 312 g/mol. The molecule has 0 heterocycles. The summed E-state index contributed by atoms with van der Waals surface area (Å²) in [5.41, 5.74) is 0. The first-order valence-electron chi connectivity index (χ1n) is 8.45. The first kappa shape index (κ1) is 20.9. The van der Waals surface area contributed by atoms with Crippen molar-refractivity contribution in [1.29, 1.82) is 0 Å². The molecule has 0 aromatic rings. The molecule has 0 rings (SSSR count). The molecule has 4 heteroatoms. The number of carboxylic acids is 1. The second kappa shape index (κ2) is 14.8. The van der Waals surface area contributed by atoms with Gasteiger partial charge in [0.05, 0.1) is 12.2 Å². The Morgan fingerprint density at radius 2 is 1.55 bits per heavy atom. The van der Waals surface area contributed by atoms with Gasteiger partial charge in [0.2, 0.25) is 0 Å². The van der Waals surface area contributed by atoms with Crippen molar-refractivity contribution in [3.63, 3.8) is 0 Å². The van der Waals surface area contributed by atoms with Crippen LogP contribution in [0.25, 0.3) is 0 Å². The molecule has 0 aliphatic heterocycles. The van der Waals surface area contributed by atoms with Crippen LogP contribution in [0.15, 0.2) is 24.3 Å². The average molecular weight is 312 g/mol. The molecule has 22 heavy (non-hydrogen) atoms. The maximum absolute atomic E-state index is 10.3. The molecule has 0 amide bonds. The lowest BCUT2D eigenvalue weighted by Gasteiger charge is -2.16. The third-order valence-electron chi connectivity index (χ3n) is 3.55. The van der Waals surface area contributed by atoms with Crippen molar-refractivity contribution in [3.05, 3.63) is 24.3 Å². The molecule has 3 N–H and O–H groups in total. The zero-order valence-corrected chi connectivity index (χ0v) is 13.8. The first-order chi connectivity index (χ1) is 10.6. The molecule has 0 saturated carbocycles. The van der Waals surface area contributed by atoms with Crippen LogP contribution in [0.3, 0.4) is 0 Å². The summed E-state index contributed by atoms with van der Waals surface area (Å²) >= 11 is 0. The van der Waals surface area contributed by atoms with Crippen LogP contribution in [0, 0.1) is 0 Å². The molecule has 0 bridgehead atoms. The van der Waals surface area contributed by atoms with E-state index in [1.807, 2.05) is 12.2 Å². The highest BCUT2D eigenvalue weighted by Crippen LogP contribution is 2.12. The molecular weight excluding hydrogens is 280 g/mol. The van der Waals surface area contributed by atoms with Crippen molar-refractivity contribution in [2.24, 2.45) is 0 Å². The Labute approximate surface area is 134 Å². The Morgan fingerprint density at radius 3 is 2.23 bits per heavy atom. The standard InChI is InChI=1S/C18H32O4/c1-2-3-4-5-7-10-13-16(19)17(20)14-11-8-6-9-12-15-18(21)22/h3-4,7,10,16-17,19-20H,2,5-6,8-9,11-15H2,1H3,(H,21,22)/b4-3-,10-7-/t16-,17+/m1/s1. The topological polar surface area (TPSA) is 77.8 Å². The van der Waals surface area contributed by atoms with Gasteiger partial charge in [0.1, 0.15) is 0 Å². The van der Waals surface area contributed by atoms with Crippen LogP contribution in [0.1, 0.15) is 71.1 Å². The fraction of sp³-hybridized carbons (Fsp3) is 0.722. The average Bonchev–Trinajstić information content (AvgIpc) is 2.49. The maximum atomic E-state index is 10.3. The van der Waals surface area contributed by atoms with Gasteiger partial charge < -0.3 is 15.3 Å². The number of rotatable bonds is 14. The molecule has 0 fully saturated rings. The summed E-state index contributed by atoms with van der Waals surface area (Å²) < 4.78 is 0. The summed E-state index contributed by atoms with van der Waals surface area (Å²) in [7, 11) is 0. The van der Waals surface area contributed by atoms with Crippen LogP contribution in [0.5, 0.6) is 0 Å². The van der Waals surface area contributed by atoms with E-state index in [-0.39, 0.29) is 6.42 Å². The van der Waals surface area contributed by atoms with Crippen molar-refractivity contribution in [2.45, 2.75) is 83.3 Å². The minimum Gasteiger partial charge on any atom is -0.481 e. The van der Waals surface area contributed by atoms with E-state index in [1.54, 1.807) is 0 Å². The summed E-state index contributed by atoms with van der Waals surface area (Å²) in [5.74, 6) is -0.739. The van der Waals surface area contributed by atoms with E-state index in [2.05, 4.69) is 19.1 Å². The van der Waals surface area contributed by atoms with Crippen molar-refractivity contribution in [1.82, 2.24) is 0 Å². The van der Waals surface area contributed by atoms with E-state index in [0.717, 1.165) is 44.9 Å². The lowest BCUT2D eigenvalue weighted by Crippen LogP contribution is -2.25. The van der Waals surface area contributed by atoms with E-state index < -0.39 is 18.2 Å². The van der Waals surface area contributed by atoms with Gasteiger partial charge in [-0.1, -0.05) is 56.9 Å². The fourth-order valence-corrected chi connectivity index (χ4v) is 2.18. The van der Waals surface area contributed by atoms with Crippen LogP contribution >= 0.6 is 0 Å². The normalized spacial score (nSPS) is 14.7. The van der Waals surface area contributed by atoms with Crippen LogP contribution < -0.4 is 0 Å². The molecule has 0 aliphatic rings. The van der Waals surface area contributed by atoms with Crippen LogP contribution in [-0.2, 0) is 4.79 Å². The summed E-state index contributed by atoms with van der Waals surface area (Å²) in [6.45, 7) is 2.09. The van der Waals surface area contributed by atoms with Gasteiger partial charge in [0.25, 0.3) is 0 Å². The predicted octanol–water partition coefficient (Wildman–Crippen LogP) is 3.83. The van der Waals surface area contributed by atoms with Crippen LogP contribution in [-0.4, -0.2) is 33.5 Å². The molecule has 4 nitrogen and oxygen atoms in total. The van der Waals surface area contributed by atoms with Crippen molar-refractivity contribution >= 4 is 5.97 Å². The highest BCUT2D eigenvalue weighted by Gasteiger charge is 2.13. The van der Waals surface area contributed by atoms with Crippen molar-refractivity contribution < 1.29 is 20.1 Å². The summed E-state index contributed by atoms with van der Waals surface area (Å²) in [5, 5.41) is 28.2. The highest BCUT2D eigenvalue weighted by molar-refractivity contribution is 5.66. The number of carboxylic acid groups (broad SMARTS) is 1. The zero-order chi connectivity index (χ0) is 16.6. The largest absolute Gasteiger partial charge is 0.481 e. The van der Waals surface area contributed by atoms with Crippen molar-refractivity contribution in [2.75, 3.05) is 0 Å². The molecule has 0 aromatic heterocycles.